The second kappa shape index (κ2) is 12.9. The van der Waals surface area contributed by atoms with E-state index in [0.29, 0.717) is 0 Å². The Bertz CT molecular complexity index is 1730. The summed E-state index contributed by atoms with van der Waals surface area (Å²) < 4.78 is 0. The summed E-state index contributed by atoms with van der Waals surface area (Å²) in [5, 5.41) is 0. The third-order valence-electron chi connectivity index (χ3n) is 5.77. The number of para-hydroxylation sites is 2. The van der Waals surface area contributed by atoms with E-state index in [1.54, 1.807) is 0 Å². The molecular formula is C38H23N. The standard InChI is InChI=1S/C38H23N/c1(6-16-33-23-26-35(27-24-33)25-22-32-14-8-3-9-15-32)2-7-17-34-28-30-38(31-29-34)39(36-18-10-4-11-19-36)37-20-12-5-13-21-37/h3-5,8-15,18-21,23-24,26-31H. The van der Waals surface area contributed by atoms with Gasteiger partial charge < -0.3 is 4.90 Å². The van der Waals surface area contributed by atoms with Crippen LogP contribution < -0.4 is 4.90 Å². The minimum atomic E-state index is 0.888. The van der Waals surface area contributed by atoms with Gasteiger partial charge >= 0.3 is 0 Å². The highest BCUT2D eigenvalue weighted by Crippen LogP contribution is 2.33. The highest BCUT2D eigenvalue weighted by atomic mass is 15.1. The largest absolute Gasteiger partial charge is 0.311 e. The van der Waals surface area contributed by atoms with E-state index < -0.39 is 0 Å². The van der Waals surface area contributed by atoms with Crippen LogP contribution in [0.25, 0.3) is 0 Å². The van der Waals surface area contributed by atoms with Crippen molar-refractivity contribution in [3.8, 4) is 47.4 Å². The molecule has 0 radical (unpaired) electrons. The highest BCUT2D eigenvalue weighted by molar-refractivity contribution is 5.76. The van der Waals surface area contributed by atoms with Gasteiger partial charge in [-0.3, -0.25) is 0 Å². The van der Waals surface area contributed by atoms with Crippen LogP contribution >= 0.6 is 0 Å². The fourth-order valence-electron chi connectivity index (χ4n) is 3.87. The first-order valence-electron chi connectivity index (χ1n) is 12.5. The third kappa shape index (κ3) is 7.10. The molecule has 5 aromatic rings. The van der Waals surface area contributed by atoms with Crippen LogP contribution in [-0.4, -0.2) is 0 Å². The van der Waals surface area contributed by atoms with Crippen LogP contribution in [0.3, 0.4) is 0 Å². The van der Waals surface area contributed by atoms with Gasteiger partial charge in [-0.15, -0.1) is 0 Å². The summed E-state index contributed by atoms with van der Waals surface area (Å²) in [5.74, 6) is 23.9. The van der Waals surface area contributed by atoms with Gasteiger partial charge in [0.1, 0.15) is 0 Å². The molecule has 180 valence electrons. The van der Waals surface area contributed by atoms with Crippen molar-refractivity contribution in [2.24, 2.45) is 0 Å². The Morgan fingerprint density at radius 1 is 0.282 bits per heavy atom. The zero-order valence-corrected chi connectivity index (χ0v) is 21.2. The molecule has 1 nitrogen and oxygen atoms in total. The molecule has 0 saturated carbocycles. The topological polar surface area (TPSA) is 3.24 Å². The van der Waals surface area contributed by atoms with Gasteiger partial charge in [-0.05, 0) is 109 Å². The number of anilines is 3. The molecule has 0 fully saturated rings. The molecular weight excluding hydrogens is 470 g/mol. The molecule has 5 rings (SSSR count). The molecule has 0 atom stereocenters. The van der Waals surface area contributed by atoms with E-state index in [0.717, 1.165) is 39.3 Å². The fourth-order valence-corrected chi connectivity index (χ4v) is 3.87. The summed E-state index contributed by atoms with van der Waals surface area (Å²) in [4.78, 5) is 2.22. The third-order valence-corrected chi connectivity index (χ3v) is 5.77. The van der Waals surface area contributed by atoms with Crippen molar-refractivity contribution >= 4 is 17.1 Å². The molecule has 0 unspecified atom stereocenters. The molecule has 39 heavy (non-hydrogen) atoms. The second-order valence-corrected chi connectivity index (χ2v) is 8.50. The fraction of sp³-hybridized carbons (Fsp3) is 0. The minimum Gasteiger partial charge on any atom is -0.311 e. The van der Waals surface area contributed by atoms with E-state index in [1.807, 2.05) is 103 Å². The van der Waals surface area contributed by atoms with Crippen molar-refractivity contribution in [1.29, 1.82) is 0 Å². The quantitative estimate of drug-likeness (QED) is 0.230. The number of hydrogen-bond acceptors (Lipinski definition) is 1. The first kappa shape index (κ1) is 24.8. The second-order valence-electron chi connectivity index (χ2n) is 8.50. The highest BCUT2D eigenvalue weighted by Gasteiger charge is 2.11. The lowest BCUT2D eigenvalue weighted by molar-refractivity contribution is 1.28. The van der Waals surface area contributed by atoms with E-state index in [4.69, 9.17) is 0 Å². The molecule has 1 heteroatoms. The van der Waals surface area contributed by atoms with Gasteiger partial charge in [0.05, 0.1) is 0 Å². The van der Waals surface area contributed by atoms with Crippen molar-refractivity contribution in [3.63, 3.8) is 0 Å². The van der Waals surface area contributed by atoms with Crippen molar-refractivity contribution in [3.05, 3.63) is 162 Å². The van der Waals surface area contributed by atoms with Crippen LogP contribution in [0.4, 0.5) is 17.1 Å². The van der Waals surface area contributed by atoms with Gasteiger partial charge in [0.15, 0.2) is 0 Å². The average Bonchev–Trinajstić information content (AvgIpc) is 3.01. The maximum atomic E-state index is 3.17. The molecule has 0 aliphatic carbocycles. The van der Waals surface area contributed by atoms with Crippen LogP contribution in [0, 0.1) is 47.4 Å². The zero-order chi connectivity index (χ0) is 26.5. The van der Waals surface area contributed by atoms with Gasteiger partial charge in [0.2, 0.25) is 0 Å². The van der Waals surface area contributed by atoms with Crippen LogP contribution in [0.1, 0.15) is 22.3 Å². The minimum absolute atomic E-state index is 0.888. The first-order chi connectivity index (χ1) is 19.3. The molecule has 0 amide bonds. The average molecular weight is 494 g/mol. The molecule has 0 N–H and O–H groups in total. The van der Waals surface area contributed by atoms with E-state index in [1.165, 1.54) is 0 Å². The smallest absolute Gasteiger partial charge is 0.0462 e. The molecule has 0 aliphatic rings. The Kier molecular flexibility index (Phi) is 8.21. The predicted octanol–water partition coefficient (Wildman–Crippen LogP) is 7.96. The van der Waals surface area contributed by atoms with Gasteiger partial charge in [-0.1, -0.05) is 78.3 Å². The van der Waals surface area contributed by atoms with Gasteiger partial charge in [0.25, 0.3) is 0 Å². The zero-order valence-electron chi connectivity index (χ0n) is 21.2. The lowest BCUT2D eigenvalue weighted by Crippen LogP contribution is -2.09. The van der Waals surface area contributed by atoms with Gasteiger partial charge in [0, 0.05) is 39.3 Å². The molecule has 0 bridgehead atoms. The molecule has 0 aliphatic heterocycles. The van der Waals surface area contributed by atoms with E-state index in [-0.39, 0.29) is 0 Å². The number of benzene rings is 5. The van der Waals surface area contributed by atoms with Gasteiger partial charge in [-0.25, -0.2) is 0 Å². The first-order valence-corrected chi connectivity index (χ1v) is 12.5. The molecule has 0 heterocycles. The Hall–Kier alpha value is -5.86. The Labute approximate surface area is 230 Å². The van der Waals surface area contributed by atoms with E-state index in [9.17, 15) is 0 Å². The summed E-state index contributed by atoms with van der Waals surface area (Å²) in [6, 6.07) is 46.6. The summed E-state index contributed by atoms with van der Waals surface area (Å²) in [7, 11) is 0. The van der Waals surface area contributed by atoms with Gasteiger partial charge in [-0.2, -0.15) is 0 Å². The van der Waals surface area contributed by atoms with Crippen LogP contribution in [0.5, 0.6) is 0 Å². The summed E-state index contributed by atoms with van der Waals surface area (Å²) in [6.07, 6.45) is 0. The molecule has 0 saturated heterocycles. The lowest BCUT2D eigenvalue weighted by atomic mass is 10.1. The molecule has 0 aromatic heterocycles. The SMILES string of the molecule is C(#CC#Cc1ccc(N(c2ccccc2)c2ccccc2)cc1)C#Cc1ccc(C#Cc2ccccc2)cc1. The van der Waals surface area contributed by atoms with Crippen molar-refractivity contribution in [2.45, 2.75) is 0 Å². The molecule has 5 aromatic carbocycles. The maximum Gasteiger partial charge on any atom is 0.0462 e. The van der Waals surface area contributed by atoms with E-state index >= 15 is 0 Å². The predicted molar refractivity (Wildman–Crippen MR) is 162 cm³/mol. The van der Waals surface area contributed by atoms with Crippen molar-refractivity contribution in [1.82, 2.24) is 0 Å². The Balaban J connectivity index is 1.23. The number of rotatable bonds is 3. The summed E-state index contributed by atoms with van der Waals surface area (Å²) in [5.41, 5.74) is 6.99. The summed E-state index contributed by atoms with van der Waals surface area (Å²) >= 11 is 0. The number of hydrogen-bond donors (Lipinski definition) is 0. The van der Waals surface area contributed by atoms with Crippen LogP contribution in [0.15, 0.2) is 140 Å². The van der Waals surface area contributed by atoms with E-state index in [2.05, 4.69) is 88.7 Å². The maximum absolute atomic E-state index is 3.17. The Morgan fingerprint density at radius 3 is 1.08 bits per heavy atom. The Morgan fingerprint density at radius 2 is 0.615 bits per heavy atom. The van der Waals surface area contributed by atoms with Crippen molar-refractivity contribution < 1.29 is 0 Å². The van der Waals surface area contributed by atoms with Crippen LogP contribution in [0.2, 0.25) is 0 Å². The lowest BCUT2D eigenvalue weighted by Gasteiger charge is -2.25. The monoisotopic (exact) mass is 493 g/mol. The van der Waals surface area contributed by atoms with Crippen molar-refractivity contribution in [2.75, 3.05) is 4.90 Å². The molecule has 0 spiro atoms. The normalized spacial score (nSPS) is 9.23. The number of nitrogens with zero attached hydrogens (tertiary/aromatic N) is 1. The summed E-state index contributed by atoms with van der Waals surface area (Å²) in [6.45, 7) is 0. The van der Waals surface area contributed by atoms with Crippen LogP contribution in [-0.2, 0) is 0 Å².